The molecule has 3 rings (SSSR count). The van der Waals surface area contributed by atoms with Crippen molar-refractivity contribution in [2.75, 3.05) is 0 Å². The van der Waals surface area contributed by atoms with Gasteiger partial charge in [0.15, 0.2) is 5.78 Å². The Morgan fingerprint density at radius 1 is 1.24 bits per heavy atom. The molecule has 0 N–H and O–H groups in total. The van der Waals surface area contributed by atoms with Crippen molar-refractivity contribution in [2.45, 2.75) is 0 Å². The number of hydrogen-bond acceptors (Lipinski definition) is 4. The van der Waals surface area contributed by atoms with E-state index in [0.717, 1.165) is 14.7 Å². The zero-order valence-corrected chi connectivity index (χ0v) is 13.1. The molecule has 0 bridgehead atoms. The molecular formula is C16H9BrO3S. The van der Waals surface area contributed by atoms with Crippen LogP contribution in [0, 0.1) is 0 Å². The average molecular weight is 361 g/mol. The van der Waals surface area contributed by atoms with Crippen molar-refractivity contribution in [3.8, 4) is 0 Å². The van der Waals surface area contributed by atoms with Gasteiger partial charge in [-0.25, -0.2) is 4.79 Å². The van der Waals surface area contributed by atoms with Gasteiger partial charge in [0.2, 0.25) is 0 Å². The number of para-hydroxylation sites is 1. The van der Waals surface area contributed by atoms with E-state index >= 15 is 0 Å². The highest BCUT2D eigenvalue weighted by Gasteiger charge is 2.11. The predicted octanol–water partition coefficient (Wildman–Crippen LogP) is 4.51. The van der Waals surface area contributed by atoms with Crippen LogP contribution in [-0.2, 0) is 0 Å². The van der Waals surface area contributed by atoms with Crippen molar-refractivity contribution in [1.29, 1.82) is 0 Å². The van der Waals surface area contributed by atoms with E-state index in [-0.39, 0.29) is 11.3 Å². The molecule has 2 aromatic heterocycles. The van der Waals surface area contributed by atoms with Crippen LogP contribution in [0.5, 0.6) is 0 Å². The Balaban J connectivity index is 1.96. The van der Waals surface area contributed by atoms with Crippen molar-refractivity contribution in [3.05, 3.63) is 73.2 Å². The van der Waals surface area contributed by atoms with Gasteiger partial charge in [0.05, 0.1) is 0 Å². The molecule has 0 saturated carbocycles. The summed E-state index contributed by atoms with van der Waals surface area (Å²) in [6, 6.07) is 10.6. The largest absolute Gasteiger partial charge is 0.422 e. The van der Waals surface area contributed by atoms with Crippen LogP contribution in [0.2, 0.25) is 0 Å². The van der Waals surface area contributed by atoms with Crippen molar-refractivity contribution in [2.24, 2.45) is 0 Å². The molecule has 0 amide bonds. The Labute approximate surface area is 132 Å². The SMILES string of the molecule is O=C(/C=C/c1cc(Br)cs1)c1cc2ccccc2oc1=O. The first-order chi connectivity index (χ1) is 10.1. The lowest BCUT2D eigenvalue weighted by atomic mass is 10.1. The Kier molecular flexibility index (Phi) is 3.86. The van der Waals surface area contributed by atoms with Crippen LogP contribution < -0.4 is 5.63 Å². The summed E-state index contributed by atoms with van der Waals surface area (Å²) < 4.78 is 6.12. The highest BCUT2D eigenvalue weighted by molar-refractivity contribution is 9.10. The normalized spacial score (nSPS) is 11.3. The van der Waals surface area contributed by atoms with Crippen LogP contribution in [0.1, 0.15) is 15.2 Å². The standard InChI is InChI=1S/C16H9BrO3S/c17-11-8-12(21-9-11)5-6-14(18)13-7-10-3-1-2-4-15(10)20-16(13)19/h1-9H/b6-5+. The number of allylic oxidation sites excluding steroid dienone is 1. The van der Waals surface area contributed by atoms with Gasteiger partial charge in [0.1, 0.15) is 11.1 Å². The maximum absolute atomic E-state index is 12.1. The van der Waals surface area contributed by atoms with Crippen LogP contribution in [-0.4, -0.2) is 5.78 Å². The third-order valence-corrected chi connectivity index (χ3v) is 4.55. The van der Waals surface area contributed by atoms with Gasteiger partial charge in [-0.15, -0.1) is 11.3 Å². The molecule has 3 nitrogen and oxygen atoms in total. The number of ketones is 1. The highest BCUT2D eigenvalue weighted by Crippen LogP contribution is 2.21. The second-order valence-corrected chi connectivity index (χ2v) is 6.21. The molecule has 5 heteroatoms. The molecule has 0 aliphatic rings. The third-order valence-electron chi connectivity index (χ3n) is 2.89. The van der Waals surface area contributed by atoms with E-state index < -0.39 is 5.63 Å². The molecule has 0 aliphatic heterocycles. The number of rotatable bonds is 3. The van der Waals surface area contributed by atoms with E-state index in [0.29, 0.717) is 5.58 Å². The first-order valence-corrected chi connectivity index (χ1v) is 7.80. The molecule has 0 radical (unpaired) electrons. The van der Waals surface area contributed by atoms with Gasteiger partial charge in [0, 0.05) is 20.1 Å². The van der Waals surface area contributed by atoms with Crippen molar-refractivity contribution in [3.63, 3.8) is 0 Å². The number of fused-ring (bicyclic) bond motifs is 1. The first kappa shape index (κ1) is 14.0. The van der Waals surface area contributed by atoms with Gasteiger partial charge in [-0.1, -0.05) is 18.2 Å². The molecule has 104 valence electrons. The van der Waals surface area contributed by atoms with Gasteiger partial charge in [-0.2, -0.15) is 0 Å². The third kappa shape index (κ3) is 3.04. The van der Waals surface area contributed by atoms with Crippen LogP contribution in [0.3, 0.4) is 0 Å². The molecule has 1 aromatic carbocycles. The molecule has 0 saturated heterocycles. The maximum atomic E-state index is 12.1. The van der Waals surface area contributed by atoms with Crippen molar-refractivity contribution < 1.29 is 9.21 Å². The van der Waals surface area contributed by atoms with E-state index in [4.69, 9.17) is 4.42 Å². The van der Waals surface area contributed by atoms with E-state index in [2.05, 4.69) is 15.9 Å². The zero-order chi connectivity index (χ0) is 14.8. The Bertz CT molecular complexity index is 905. The molecule has 0 spiro atoms. The number of hydrogen-bond donors (Lipinski definition) is 0. The number of carbonyl (C=O) groups excluding carboxylic acids is 1. The summed E-state index contributed by atoms with van der Waals surface area (Å²) in [5, 5.41) is 2.65. The summed E-state index contributed by atoms with van der Waals surface area (Å²) in [5.74, 6) is -0.362. The fourth-order valence-electron chi connectivity index (χ4n) is 1.90. The summed E-state index contributed by atoms with van der Waals surface area (Å²) in [6.45, 7) is 0. The van der Waals surface area contributed by atoms with Gasteiger partial charge in [-0.3, -0.25) is 4.79 Å². The fourth-order valence-corrected chi connectivity index (χ4v) is 3.23. The monoisotopic (exact) mass is 360 g/mol. The molecule has 0 atom stereocenters. The summed E-state index contributed by atoms with van der Waals surface area (Å²) in [5.41, 5.74) is -0.0958. The quantitative estimate of drug-likeness (QED) is 0.392. The molecule has 0 aliphatic carbocycles. The Morgan fingerprint density at radius 2 is 2.05 bits per heavy atom. The van der Waals surface area contributed by atoms with Gasteiger partial charge < -0.3 is 4.42 Å². The van der Waals surface area contributed by atoms with E-state index in [1.165, 1.54) is 17.4 Å². The van der Waals surface area contributed by atoms with E-state index in [9.17, 15) is 9.59 Å². The lowest BCUT2D eigenvalue weighted by Crippen LogP contribution is -2.11. The number of carbonyl (C=O) groups is 1. The average Bonchev–Trinajstić information content (AvgIpc) is 2.89. The lowest BCUT2D eigenvalue weighted by Gasteiger charge is -1.98. The molecule has 0 unspecified atom stereocenters. The minimum atomic E-state index is -0.615. The van der Waals surface area contributed by atoms with E-state index in [1.807, 2.05) is 17.5 Å². The molecule has 3 aromatic rings. The van der Waals surface area contributed by atoms with Crippen LogP contribution >= 0.6 is 27.3 Å². The highest BCUT2D eigenvalue weighted by atomic mass is 79.9. The predicted molar refractivity (Wildman–Crippen MR) is 87.9 cm³/mol. The van der Waals surface area contributed by atoms with Gasteiger partial charge in [-0.05, 0) is 46.3 Å². The summed E-state index contributed by atoms with van der Waals surface area (Å²) >= 11 is 4.86. The molecule has 21 heavy (non-hydrogen) atoms. The summed E-state index contributed by atoms with van der Waals surface area (Å²) in [7, 11) is 0. The number of halogens is 1. The minimum Gasteiger partial charge on any atom is -0.422 e. The molecular weight excluding hydrogens is 352 g/mol. The minimum absolute atomic E-state index is 0.0422. The molecule has 2 heterocycles. The van der Waals surface area contributed by atoms with Crippen LogP contribution in [0.4, 0.5) is 0 Å². The molecule has 0 fully saturated rings. The van der Waals surface area contributed by atoms with Gasteiger partial charge >= 0.3 is 5.63 Å². The topological polar surface area (TPSA) is 47.3 Å². The van der Waals surface area contributed by atoms with Crippen LogP contribution in [0.15, 0.2) is 61.5 Å². The van der Waals surface area contributed by atoms with Crippen molar-refractivity contribution in [1.82, 2.24) is 0 Å². The summed E-state index contributed by atoms with van der Waals surface area (Å²) in [6.07, 6.45) is 3.08. The zero-order valence-electron chi connectivity index (χ0n) is 10.7. The number of thiophene rings is 1. The van der Waals surface area contributed by atoms with Gasteiger partial charge in [0.25, 0.3) is 0 Å². The van der Waals surface area contributed by atoms with E-state index in [1.54, 1.807) is 30.3 Å². The van der Waals surface area contributed by atoms with Crippen molar-refractivity contribution >= 4 is 50.1 Å². The summed E-state index contributed by atoms with van der Waals surface area (Å²) in [4.78, 5) is 24.9. The van der Waals surface area contributed by atoms with Crippen LogP contribution in [0.25, 0.3) is 17.0 Å². The lowest BCUT2D eigenvalue weighted by molar-refractivity contribution is 0.104. The maximum Gasteiger partial charge on any atom is 0.347 e. The smallest absolute Gasteiger partial charge is 0.347 e. The fraction of sp³-hybridized carbons (Fsp3) is 0. The first-order valence-electron chi connectivity index (χ1n) is 6.13. The second kappa shape index (κ2) is 5.79. The number of benzene rings is 1. The Hall–Kier alpha value is -1.98. The Morgan fingerprint density at radius 3 is 2.81 bits per heavy atom. The second-order valence-electron chi connectivity index (χ2n) is 4.35.